The third kappa shape index (κ3) is 5.34. The highest BCUT2D eigenvalue weighted by atomic mass is 32.2. The molecule has 0 aromatic heterocycles. The van der Waals surface area contributed by atoms with Gasteiger partial charge in [0.25, 0.3) is 0 Å². The normalized spacial score (nSPS) is 18.9. The minimum absolute atomic E-state index is 0.469. The Labute approximate surface area is 193 Å². The molecule has 0 saturated heterocycles. The van der Waals surface area contributed by atoms with E-state index in [9.17, 15) is 9.00 Å². The van der Waals surface area contributed by atoms with Gasteiger partial charge in [-0.15, -0.1) is 0 Å². The highest BCUT2D eigenvalue weighted by Gasteiger charge is 2.34. The third-order valence-corrected chi connectivity index (χ3v) is 7.91. The Balaban J connectivity index is 1.25. The lowest BCUT2D eigenvalue weighted by atomic mass is 9.84. The summed E-state index contributed by atoms with van der Waals surface area (Å²) in [5, 5.41) is 2.76. The summed E-state index contributed by atoms with van der Waals surface area (Å²) in [6.07, 6.45) is 7.70. The second kappa shape index (κ2) is 10.1. The number of cyclic esters (lactones) is 1. The Morgan fingerprint density at radius 2 is 1.81 bits per heavy atom. The van der Waals surface area contributed by atoms with Crippen molar-refractivity contribution < 1.29 is 18.5 Å². The Morgan fingerprint density at radius 3 is 2.56 bits per heavy atom. The lowest BCUT2D eigenvalue weighted by molar-refractivity contribution is 0.0416. The number of hydrogen-bond donors (Lipinski definition) is 1. The molecule has 1 saturated carbocycles. The number of carbonyl (C=O) groups is 1. The number of fused-ring (bicyclic) bond motifs is 1. The molecule has 4 rings (SSSR count). The first kappa shape index (κ1) is 22.8. The van der Waals surface area contributed by atoms with Crippen LogP contribution in [0.2, 0.25) is 0 Å². The number of nitrogens with one attached hydrogen (secondary N) is 1. The Hall–Kier alpha value is -2.34. The van der Waals surface area contributed by atoms with Crippen molar-refractivity contribution in [2.24, 2.45) is 0 Å². The number of hydrogen-bond acceptors (Lipinski definition) is 4. The van der Waals surface area contributed by atoms with Gasteiger partial charge in [0.15, 0.2) is 0 Å². The van der Waals surface area contributed by atoms with Gasteiger partial charge in [0.2, 0.25) is 0 Å². The fourth-order valence-corrected chi connectivity index (χ4v) is 5.80. The molecule has 172 valence electrons. The van der Waals surface area contributed by atoms with Gasteiger partial charge in [0.05, 0.1) is 23.1 Å². The molecule has 1 amide bonds. The molecule has 0 radical (unpaired) electrons. The summed E-state index contributed by atoms with van der Waals surface area (Å²) in [7, 11) is -0.991. The van der Waals surface area contributed by atoms with Crippen molar-refractivity contribution in [3.8, 4) is 5.75 Å². The molecule has 1 heterocycles. The zero-order chi connectivity index (χ0) is 22.6. The molecule has 1 aliphatic carbocycles. The summed E-state index contributed by atoms with van der Waals surface area (Å²) in [5.74, 6) is 1.94. The monoisotopic (exact) mass is 455 g/mol. The van der Waals surface area contributed by atoms with E-state index in [0.717, 1.165) is 23.3 Å². The maximum atomic E-state index is 12.7. The van der Waals surface area contributed by atoms with Gasteiger partial charge in [-0.05, 0) is 69.2 Å². The van der Waals surface area contributed by atoms with Gasteiger partial charge in [0, 0.05) is 16.2 Å². The smallest absolute Gasteiger partial charge is 0.412 e. The SMILES string of the molecule is CC1(C)OC(=O)Nc2c(OCCCCS(=O)c3ccc(C4CCCCC4)cc3)cccc21. The highest BCUT2D eigenvalue weighted by molar-refractivity contribution is 7.85. The van der Waals surface area contributed by atoms with Crippen LogP contribution in [-0.4, -0.2) is 22.7 Å². The van der Waals surface area contributed by atoms with E-state index in [1.807, 2.05) is 44.2 Å². The van der Waals surface area contributed by atoms with Crippen molar-refractivity contribution in [2.75, 3.05) is 17.7 Å². The van der Waals surface area contributed by atoms with E-state index in [2.05, 4.69) is 17.4 Å². The number of anilines is 1. The van der Waals surface area contributed by atoms with Crippen molar-refractivity contribution >= 4 is 22.6 Å². The van der Waals surface area contributed by atoms with E-state index in [4.69, 9.17) is 9.47 Å². The summed E-state index contributed by atoms with van der Waals surface area (Å²) in [5.41, 5.74) is 2.27. The van der Waals surface area contributed by atoms with Gasteiger partial charge in [-0.25, -0.2) is 4.79 Å². The van der Waals surface area contributed by atoms with Crippen LogP contribution in [0.1, 0.15) is 75.8 Å². The summed E-state index contributed by atoms with van der Waals surface area (Å²) in [6, 6.07) is 14.1. The van der Waals surface area contributed by atoms with Crippen molar-refractivity contribution in [3.63, 3.8) is 0 Å². The first-order chi connectivity index (χ1) is 15.4. The Kier molecular flexibility index (Phi) is 7.19. The summed E-state index contributed by atoms with van der Waals surface area (Å²) in [6.45, 7) is 4.24. The van der Waals surface area contributed by atoms with Crippen molar-refractivity contribution in [3.05, 3.63) is 53.6 Å². The van der Waals surface area contributed by atoms with E-state index in [1.165, 1.54) is 37.7 Å². The van der Waals surface area contributed by atoms with Gasteiger partial charge in [-0.2, -0.15) is 0 Å². The van der Waals surface area contributed by atoms with Crippen LogP contribution in [0.5, 0.6) is 5.75 Å². The van der Waals surface area contributed by atoms with Gasteiger partial charge in [0.1, 0.15) is 11.4 Å². The number of ether oxygens (including phenoxy) is 2. The molecule has 1 atom stereocenters. The Bertz CT molecular complexity index is 964. The molecular formula is C26H33NO4S. The number of para-hydroxylation sites is 1. The molecule has 1 fully saturated rings. The molecule has 2 aliphatic rings. The average molecular weight is 456 g/mol. The maximum Gasteiger partial charge on any atom is 0.412 e. The van der Waals surface area contributed by atoms with Crippen LogP contribution in [-0.2, 0) is 21.1 Å². The van der Waals surface area contributed by atoms with Gasteiger partial charge < -0.3 is 9.47 Å². The fourth-order valence-electron chi connectivity index (χ4n) is 4.66. The first-order valence-corrected chi connectivity index (χ1v) is 13.0. The zero-order valence-electron chi connectivity index (χ0n) is 19.0. The number of benzene rings is 2. The lowest BCUT2D eigenvalue weighted by Crippen LogP contribution is -2.34. The second-order valence-electron chi connectivity index (χ2n) is 9.21. The average Bonchev–Trinajstić information content (AvgIpc) is 2.79. The second-order valence-corrected chi connectivity index (χ2v) is 10.8. The standard InChI is InChI=1S/C26H33NO4S/c1-26(2)22-11-8-12-23(24(22)27-25(28)31-26)30-17-6-7-18-32(29)21-15-13-20(14-16-21)19-9-4-3-5-10-19/h8,11-16,19H,3-7,9-10,17-18H2,1-2H3,(H,27,28). The van der Waals surface area contributed by atoms with Crippen molar-refractivity contribution in [1.82, 2.24) is 0 Å². The number of amides is 1. The van der Waals surface area contributed by atoms with Crippen molar-refractivity contribution in [2.45, 2.75) is 75.2 Å². The first-order valence-electron chi connectivity index (χ1n) is 11.7. The molecule has 5 nitrogen and oxygen atoms in total. The zero-order valence-corrected chi connectivity index (χ0v) is 19.8. The molecule has 6 heteroatoms. The van der Waals surface area contributed by atoms with Crippen LogP contribution >= 0.6 is 0 Å². The predicted octanol–water partition coefficient (Wildman–Crippen LogP) is 6.50. The molecule has 1 N–H and O–H groups in total. The molecule has 0 spiro atoms. The number of carbonyl (C=O) groups excluding carboxylic acids is 1. The van der Waals surface area contributed by atoms with Crippen LogP contribution in [0.4, 0.5) is 10.5 Å². The lowest BCUT2D eigenvalue weighted by Gasteiger charge is -2.33. The topological polar surface area (TPSA) is 64.6 Å². The number of rotatable bonds is 8. The molecule has 2 aromatic carbocycles. The molecule has 1 unspecified atom stereocenters. The third-order valence-electron chi connectivity index (χ3n) is 6.45. The molecule has 1 aliphatic heterocycles. The van der Waals surface area contributed by atoms with Crippen LogP contribution < -0.4 is 10.1 Å². The minimum atomic E-state index is -0.991. The summed E-state index contributed by atoms with van der Waals surface area (Å²) < 4.78 is 24.0. The predicted molar refractivity (Wildman–Crippen MR) is 128 cm³/mol. The van der Waals surface area contributed by atoms with Gasteiger partial charge in [-0.1, -0.05) is 43.5 Å². The van der Waals surface area contributed by atoms with Gasteiger partial charge >= 0.3 is 6.09 Å². The van der Waals surface area contributed by atoms with E-state index in [0.29, 0.717) is 29.7 Å². The maximum absolute atomic E-state index is 12.7. The van der Waals surface area contributed by atoms with Crippen LogP contribution in [0.3, 0.4) is 0 Å². The molecule has 2 aromatic rings. The minimum Gasteiger partial charge on any atom is -0.491 e. The summed E-state index contributed by atoms with van der Waals surface area (Å²) >= 11 is 0. The largest absolute Gasteiger partial charge is 0.491 e. The molecule has 0 bridgehead atoms. The van der Waals surface area contributed by atoms with E-state index >= 15 is 0 Å². The summed E-state index contributed by atoms with van der Waals surface area (Å²) in [4.78, 5) is 12.8. The molecular weight excluding hydrogens is 422 g/mol. The van der Waals surface area contributed by atoms with Crippen LogP contribution in [0.25, 0.3) is 0 Å². The van der Waals surface area contributed by atoms with E-state index in [-0.39, 0.29) is 0 Å². The van der Waals surface area contributed by atoms with Gasteiger partial charge in [-0.3, -0.25) is 9.53 Å². The number of unbranched alkanes of at least 4 members (excludes halogenated alkanes) is 1. The van der Waals surface area contributed by atoms with Crippen molar-refractivity contribution in [1.29, 1.82) is 0 Å². The van der Waals surface area contributed by atoms with E-state index in [1.54, 1.807) is 0 Å². The fraction of sp³-hybridized carbons (Fsp3) is 0.500. The van der Waals surface area contributed by atoms with E-state index < -0.39 is 22.5 Å². The van der Waals surface area contributed by atoms with Crippen LogP contribution in [0, 0.1) is 0 Å². The highest BCUT2D eigenvalue weighted by Crippen LogP contribution is 2.40. The Morgan fingerprint density at radius 1 is 1.06 bits per heavy atom. The molecule has 32 heavy (non-hydrogen) atoms. The quantitative estimate of drug-likeness (QED) is 0.462. The van der Waals surface area contributed by atoms with Crippen LogP contribution in [0.15, 0.2) is 47.4 Å².